The fourth-order valence-corrected chi connectivity index (χ4v) is 2.01. The molecule has 3 nitrogen and oxygen atoms in total. The average Bonchev–Trinajstić information content (AvgIpc) is 2.31. The zero-order valence-corrected chi connectivity index (χ0v) is 12.9. The van der Waals surface area contributed by atoms with Gasteiger partial charge in [0.05, 0.1) is 6.10 Å². The summed E-state index contributed by atoms with van der Waals surface area (Å²) in [5, 5.41) is 0. The minimum absolute atomic E-state index is 0.0108. The van der Waals surface area contributed by atoms with Gasteiger partial charge in [0.15, 0.2) is 0 Å². The zero-order chi connectivity index (χ0) is 14.5. The third-order valence-electron chi connectivity index (χ3n) is 3.02. The van der Waals surface area contributed by atoms with E-state index in [4.69, 9.17) is 4.74 Å². The lowest BCUT2D eigenvalue weighted by Gasteiger charge is -2.07. The van der Waals surface area contributed by atoms with Crippen molar-refractivity contribution in [1.82, 2.24) is 0 Å². The summed E-state index contributed by atoms with van der Waals surface area (Å²) in [4.78, 5) is 22.8. The topological polar surface area (TPSA) is 43.4 Å². The molecule has 3 heteroatoms. The van der Waals surface area contributed by atoms with E-state index in [1.807, 2.05) is 0 Å². The van der Waals surface area contributed by atoms with E-state index >= 15 is 0 Å². The third kappa shape index (κ3) is 13.4. The third-order valence-corrected chi connectivity index (χ3v) is 3.02. The quantitative estimate of drug-likeness (QED) is 0.299. The Balaban J connectivity index is 3.36. The van der Waals surface area contributed by atoms with E-state index in [1.165, 1.54) is 38.5 Å². The number of carbonyl (C=O) groups excluding carboxylic acids is 2. The molecular formula is C16H30O3. The lowest BCUT2D eigenvalue weighted by Crippen LogP contribution is -2.15. The smallest absolute Gasteiger partial charge is 0.313 e. The van der Waals surface area contributed by atoms with Crippen LogP contribution in [0.15, 0.2) is 0 Å². The van der Waals surface area contributed by atoms with Crippen LogP contribution in [0.3, 0.4) is 0 Å². The molecular weight excluding hydrogens is 240 g/mol. The summed E-state index contributed by atoms with van der Waals surface area (Å²) < 4.78 is 4.94. The normalized spacial score (nSPS) is 10.7. The molecule has 0 heterocycles. The van der Waals surface area contributed by atoms with E-state index in [0.29, 0.717) is 6.42 Å². The van der Waals surface area contributed by atoms with E-state index in [1.54, 1.807) is 13.8 Å². The molecule has 0 amide bonds. The van der Waals surface area contributed by atoms with Gasteiger partial charge in [0, 0.05) is 6.42 Å². The first kappa shape index (κ1) is 18.1. The highest BCUT2D eigenvalue weighted by atomic mass is 16.5. The first-order valence-corrected chi connectivity index (χ1v) is 7.77. The van der Waals surface area contributed by atoms with Crippen molar-refractivity contribution in [2.45, 2.75) is 91.1 Å². The van der Waals surface area contributed by atoms with Crippen LogP contribution in [-0.2, 0) is 14.3 Å². The Kier molecular flexibility index (Phi) is 11.6. The number of esters is 1. The van der Waals surface area contributed by atoms with Gasteiger partial charge >= 0.3 is 5.97 Å². The molecule has 0 saturated heterocycles. The van der Waals surface area contributed by atoms with E-state index in [-0.39, 0.29) is 24.3 Å². The maximum Gasteiger partial charge on any atom is 0.313 e. The minimum atomic E-state index is -0.389. The van der Waals surface area contributed by atoms with Crippen LogP contribution in [0.25, 0.3) is 0 Å². The minimum Gasteiger partial charge on any atom is -0.463 e. The van der Waals surface area contributed by atoms with Crippen molar-refractivity contribution in [3.05, 3.63) is 0 Å². The summed E-state index contributed by atoms with van der Waals surface area (Å²) in [6.07, 6.45) is 10.0. The summed E-state index contributed by atoms with van der Waals surface area (Å²) in [5.41, 5.74) is 0. The van der Waals surface area contributed by atoms with Crippen LogP contribution in [0.2, 0.25) is 0 Å². The second kappa shape index (κ2) is 12.2. The Morgan fingerprint density at radius 2 is 1.42 bits per heavy atom. The van der Waals surface area contributed by atoms with E-state index < -0.39 is 0 Å². The molecule has 0 aromatic heterocycles. The van der Waals surface area contributed by atoms with Crippen molar-refractivity contribution in [1.29, 1.82) is 0 Å². The van der Waals surface area contributed by atoms with Crippen molar-refractivity contribution in [2.75, 3.05) is 0 Å². The van der Waals surface area contributed by atoms with Crippen molar-refractivity contribution in [3.63, 3.8) is 0 Å². The van der Waals surface area contributed by atoms with Crippen LogP contribution in [0, 0.1) is 0 Å². The van der Waals surface area contributed by atoms with Gasteiger partial charge in [-0.05, 0) is 20.3 Å². The predicted octanol–water partition coefficient (Wildman–Crippen LogP) is 4.43. The fraction of sp³-hybridized carbons (Fsp3) is 0.875. The van der Waals surface area contributed by atoms with Gasteiger partial charge in [-0.25, -0.2) is 0 Å². The molecule has 0 aromatic carbocycles. The number of ketones is 1. The van der Waals surface area contributed by atoms with Crippen molar-refractivity contribution >= 4 is 11.8 Å². The highest BCUT2D eigenvalue weighted by molar-refractivity contribution is 5.95. The second-order valence-corrected chi connectivity index (χ2v) is 5.48. The second-order valence-electron chi connectivity index (χ2n) is 5.48. The zero-order valence-electron chi connectivity index (χ0n) is 12.9. The molecule has 0 aliphatic carbocycles. The van der Waals surface area contributed by atoms with Gasteiger partial charge in [-0.1, -0.05) is 51.9 Å². The molecule has 0 bridgehead atoms. The molecule has 0 saturated carbocycles. The van der Waals surface area contributed by atoms with Gasteiger partial charge in [0.1, 0.15) is 12.2 Å². The Hall–Kier alpha value is -0.860. The summed E-state index contributed by atoms with van der Waals surface area (Å²) >= 11 is 0. The number of Topliss-reactive ketones (excluding diaryl/α,β-unsaturated/α-hetero) is 1. The van der Waals surface area contributed by atoms with Gasteiger partial charge in [0.25, 0.3) is 0 Å². The maximum atomic E-state index is 11.5. The number of carbonyl (C=O) groups is 2. The molecule has 19 heavy (non-hydrogen) atoms. The lowest BCUT2D eigenvalue weighted by molar-refractivity contribution is -0.149. The highest BCUT2D eigenvalue weighted by Crippen LogP contribution is 2.10. The lowest BCUT2D eigenvalue weighted by atomic mass is 10.1. The van der Waals surface area contributed by atoms with Crippen LogP contribution < -0.4 is 0 Å². The van der Waals surface area contributed by atoms with Gasteiger partial charge in [-0.3, -0.25) is 9.59 Å². The fourth-order valence-electron chi connectivity index (χ4n) is 2.01. The van der Waals surface area contributed by atoms with Crippen molar-refractivity contribution < 1.29 is 14.3 Å². The number of rotatable bonds is 12. The molecule has 0 rings (SSSR count). The summed E-state index contributed by atoms with van der Waals surface area (Å²) in [5.74, 6) is -0.379. The summed E-state index contributed by atoms with van der Waals surface area (Å²) in [6, 6.07) is 0. The van der Waals surface area contributed by atoms with Crippen LogP contribution in [-0.4, -0.2) is 17.9 Å². The number of hydrogen-bond donors (Lipinski definition) is 0. The van der Waals surface area contributed by atoms with Gasteiger partial charge in [-0.15, -0.1) is 0 Å². The van der Waals surface area contributed by atoms with Crippen LogP contribution in [0.1, 0.15) is 85.0 Å². The van der Waals surface area contributed by atoms with Gasteiger partial charge in [-0.2, -0.15) is 0 Å². The molecule has 0 aliphatic rings. The molecule has 0 fully saturated rings. The Morgan fingerprint density at radius 3 is 1.95 bits per heavy atom. The first-order valence-electron chi connectivity index (χ1n) is 7.77. The maximum absolute atomic E-state index is 11.5. The predicted molar refractivity (Wildman–Crippen MR) is 78.1 cm³/mol. The summed E-state index contributed by atoms with van der Waals surface area (Å²) in [7, 11) is 0. The first-order chi connectivity index (χ1) is 9.06. The van der Waals surface area contributed by atoms with Crippen LogP contribution in [0.5, 0.6) is 0 Å². The molecule has 0 atom stereocenters. The average molecular weight is 270 g/mol. The molecule has 0 N–H and O–H groups in total. The SMILES string of the molecule is CCCCCCCCCCC(=O)CC(=O)OC(C)C. The number of hydrogen-bond acceptors (Lipinski definition) is 3. The molecule has 0 radical (unpaired) electrons. The highest BCUT2D eigenvalue weighted by Gasteiger charge is 2.11. The van der Waals surface area contributed by atoms with E-state index in [2.05, 4.69) is 6.92 Å². The van der Waals surface area contributed by atoms with E-state index in [9.17, 15) is 9.59 Å². The van der Waals surface area contributed by atoms with Crippen LogP contribution >= 0.6 is 0 Å². The number of ether oxygens (including phenoxy) is 1. The standard InChI is InChI=1S/C16H30O3/c1-4-5-6-7-8-9-10-11-12-15(17)13-16(18)19-14(2)3/h14H,4-13H2,1-3H3. The monoisotopic (exact) mass is 270 g/mol. The van der Waals surface area contributed by atoms with Gasteiger partial charge in [0.2, 0.25) is 0 Å². The summed E-state index contributed by atoms with van der Waals surface area (Å²) in [6.45, 7) is 5.80. The van der Waals surface area contributed by atoms with Crippen molar-refractivity contribution in [3.8, 4) is 0 Å². The van der Waals surface area contributed by atoms with Gasteiger partial charge < -0.3 is 4.74 Å². The molecule has 0 aliphatic heterocycles. The Bertz CT molecular complexity index is 246. The molecule has 0 unspecified atom stereocenters. The molecule has 0 aromatic rings. The van der Waals surface area contributed by atoms with E-state index in [0.717, 1.165) is 12.8 Å². The molecule has 0 spiro atoms. The van der Waals surface area contributed by atoms with Crippen LogP contribution in [0.4, 0.5) is 0 Å². The van der Waals surface area contributed by atoms with Crippen molar-refractivity contribution in [2.24, 2.45) is 0 Å². The Labute approximate surface area is 118 Å². The largest absolute Gasteiger partial charge is 0.463 e. The Morgan fingerprint density at radius 1 is 0.895 bits per heavy atom. The molecule has 112 valence electrons. The number of unbranched alkanes of at least 4 members (excludes halogenated alkanes) is 7.